The lowest BCUT2D eigenvalue weighted by atomic mass is 9.87. The molecule has 8 saturated heterocycles. The Morgan fingerprint density at radius 2 is 1.50 bits per heavy atom. The third-order valence-corrected chi connectivity index (χ3v) is 16.0. The second kappa shape index (κ2) is 15.9. The van der Waals surface area contributed by atoms with Gasteiger partial charge >= 0.3 is 5.97 Å². The van der Waals surface area contributed by atoms with Gasteiger partial charge in [0.15, 0.2) is 23.5 Å². The van der Waals surface area contributed by atoms with Gasteiger partial charge in [-0.15, -0.1) is 0 Å². The first-order chi connectivity index (χ1) is 29.1. The van der Waals surface area contributed by atoms with Crippen molar-refractivity contribution in [1.29, 1.82) is 0 Å². The number of hydrogen-bond donors (Lipinski definition) is 4. The molecular weight excluding hydrogens is 805 g/mol. The number of ketones is 1. The van der Waals surface area contributed by atoms with Crippen LogP contribution in [0.25, 0.3) is 0 Å². The molecule has 19 atom stereocenters. The monoisotopic (exact) mass is 874 g/mol. The van der Waals surface area contributed by atoms with Crippen molar-refractivity contribution in [3.63, 3.8) is 0 Å². The van der Waals surface area contributed by atoms with Gasteiger partial charge in [-0.1, -0.05) is 31.6 Å². The lowest BCUT2D eigenvalue weighted by Gasteiger charge is -2.47. The maximum absolute atomic E-state index is 14.1. The molecule has 9 aliphatic rings. The van der Waals surface area contributed by atoms with Crippen LogP contribution in [0.4, 0.5) is 0 Å². The van der Waals surface area contributed by atoms with Crippen LogP contribution in [0.3, 0.4) is 0 Å². The highest BCUT2D eigenvalue weighted by Gasteiger charge is 2.65. The molecule has 0 aromatic rings. The molecule has 4 N–H and O–H groups in total. The quantitative estimate of drug-likeness (QED) is 0.267. The fourth-order valence-electron chi connectivity index (χ4n) is 12.5. The number of hydrogen-bond acceptors (Lipinski definition) is 15. The van der Waals surface area contributed by atoms with Gasteiger partial charge in [0.25, 0.3) is 0 Å². The Bertz CT molecular complexity index is 1810. The molecular formula is C47H70O15. The molecule has 2 spiro atoms. The minimum absolute atomic E-state index is 0.000238. The summed E-state index contributed by atoms with van der Waals surface area (Å²) in [5.74, 6) is -8.22. The number of aliphatic hydroxyl groups is 4. The van der Waals surface area contributed by atoms with E-state index in [2.05, 4.69) is 26.8 Å². The van der Waals surface area contributed by atoms with E-state index in [0.29, 0.717) is 64.2 Å². The smallest absolute Gasteiger partial charge is 0.311 e. The predicted octanol–water partition coefficient (Wildman–Crippen LogP) is 4.57. The number of allylic oxidation sites excluding steroid dienone is 3. The first kappa shape index (κ1) is 45.3. The SMILES string of the molecule is CC1=C\C(C)CC2(C)CC[C@@H](O2)C23CCC(C)(C[C@@H](O2)C2OC(C)(CC2=O)C(O)C2CC[C@@]4(CCC[C@H](O4)C(C)C(=O)O[C@@H]4C[C@@H](C5(O)OCCC(C)C5O)OC4(O)\C=C\1)O2)O3. The molecule has 15 heteroatoms. The standard InChI is InChI=1S/C47H70O15/c1-26-10-17-45(52)35(22-36(60-45)47(53)38(49)28(3)13-20-54-47)55-40(51)29(4)31-9-8-14-44(56-31)16-11-32(57-44)39(50)43(7)24-30(48)37(61-43)33-25-42(6)18-19-46(58-33,62-42)34-12-15-41(5,59-34)23-27(2)21-26/h10,17,21,27-29,31-39,49-50,52-53H,8-9,11-16,18-20,22-25H2,1-7H3/b17-10+,26-21+/t27?,28?,29?,31-,32?,33+,34+,35+,36-,37?,38?,39?,41?,42?,43?,44+,45?,46?,47?/m0/s1. The van der Waals surface area contributed by atoms with E-state index in [0.717, 1.165) is 18.4 Å². The summed E-state index contributed by atoms with van der Waals surface area (Å²) in [6.45, 7) is 13.7. The lowest BCUT2D eigenvalue weighted by Crippen LogP contribution is -2.59. The van der Waals surface area contributed by atoms with Gasteiger partial charge in [-0.25, -0.2) is 0 Å². The Morgan fingerprint density at radius 3 is 2.29 bits per heavy atom. The molecule has 9 heterocycles. The second-order valence-electron chi connectivity index (χ2n) is 21.5. The Morgan fingerprint density at radius 1 is 0.726 bits per heavy atom. The number of aliphatic hydroxyl groups excluding tert-OH is 2. The van der Waals surface area contributed by atoms with E-state index >= 15 is 0 Å². The van der Waals surface area contributed by atoms with Crippen molar-refractivity contribution in [3.8, 4) is 0 Å². The van der Waals surface area contributed by atoms with Crippen LogP contribution < -0.4 is 0 Å². The summed E-state index contributed by atoms with van der Waals surface area (Å²) in [7, 11) is 0. The van der Waals surface area contributed by atoms with Crippen LogP contribution in [0.2, 0.25) is 0 Å². The Kier molecular flexibility index (Phi) is 11.6. The Balaban J connectivity index is 1.02. The summed E-state index contributed by atoms with van der Waals surface area (Å²) >= 11 is 0. The molecule has 0 radical (unpaired) electrons. The highest BCUT2D eigenvalue weighted by atomic mass is 16.8. The summed E-state index contributed by atoms with van der Waals surface area (Å²) in [4.78, 5) is 28.0. The maximum Gasteiger partial charge on any atom is 0.311 e. The van der Waals surface area contributed by atoms with Crippen molar-refractivity contribution in [3.05, 3.63) is 23.8 Å². The van der Waals surface area contributed by atoms with Crippen molar-refractivity contribution in [2.45, 2.75) is 233 Å². The number of Topliss-reactive ketones (excluding diaryl/α,β-unsaturated/α-hetero) is 1. The molecule has 0 saturated carbocycles. The van der Waals surface area contributed by atoms with Crippen LogP contribution in [0.15, 0.2) is 23.8 Å². The van der Waals surface area contributed by atoms with Crippen molar-refractivity contribution in [1.82, 2.24) is 0 Å². The molecule has 0 amide bonds. The van der Waals surface area contributed by atoms with Crippen molar-refractivity contribution < 1.29 is 72.6 Å². The highest BCUT2D eigenvalue weighted by Crippen LogP contribution is 2.55. The molecule has 10 bridgehead atoms. The first-order valence-electron chi connectivity index (χ1n) is 23.4. The van der Waals surface area contributed by atoms with Crippen LogP contribution in [0.5, 0.6) is 0 Å². The molecule has 348 valence electrons. The van der Waals surface area contributed by atoms with Crippen LogP contribution in [-0.2, 0) is 52.2 Å². The fourth-order valence-corrected chi connectivity index (χ4v) is 12.5. The van der Waals surface area contributed by atoms with E-state index in [4.69, 9.17) is 42.6 Å². The summed E-state index contributed by atoms with van der Waals surface area (Å²) in [5.41, 5.74) is -1.45. The van der Waals surface area contributed by atoms with Gasteiger partial charge in [-0.3, -0.25) is 9.59 Å². The largest absolute Gasteiger partial charge is 0.456 e. The van der Waals surface area contributed by atoms with Gasteiger partial charge in [0, 0.05) is 38.5 Å². The summed E-state index contributed by atoms with van der Waals surface area (Å²) in [6, 6.07) is 0. The zero-order valence-electron chi connectivity index (χ0n) is 37.5. The number of esters is 1. The molecule has 0 aromatic heterocycles. The number of ether oxygens (including phenoxy) is 9. The van der Waals surface area contributed by atoms with Crippen LogP contribution in [0.1, 0.15) is 138 Å². The third kappa shape index (κ3) is 7.99. The van der Waals surface area contributed by atoms with Crippen LogP contribution in [-0.4, -0.2) is 134 Å². The number of rotatable bonds is 1. The van der Waals surface area contributed by atoms with Crippen LogP contribution >= 0.6 is 0 Å². The number of carbonyl (C=O) groups is 2. The van der Waals surface area contributed by atoms with E-state index in [1.807, 2.05) is 13.8 Å². The molecule has 8 fully saturated rings. The zero-order chi connectivity index (χ0) is 44.3. The second-order valence-corrected chi connectivity index (χ2v) is 21.5. The Labute approximate surface area is 365 Å². The highest BCUT2D eigenvalue weighted by molar-refractivity contribution is 5.86. The van der Waals surface area contributed by atoms with Crippen molar-refractivity contribution >= 4 is 11.8 Å². The molecule has 0 aliphatic carbocycles. The van der Waals surface area contributed by atoms with Gasteiger partial charge < -0.3 is 63.1 Å². The normalized spacial score (nSPS) is 56.2. The van der Waals surface area contributed by atoms with Gasteiger partial charge in [0.2, 0.25) is 11.6 Å². The lowest BCUT2D eigenvalue weighted by molar-refractivity contribution is -0.359. The topological polar surface area (TPSA) is 198 Å². The van der Waals surface area contributed by atoms with Crippen molar-refractivity contribution in [2.75, 3.05) is 6.61 Å². The van der Waals surface area contributed by atoms with Crippen molar-refractivity contribution in [2.24, 2.45) is 17.8 Å². The molecule has 15 nitrogen and oxygen atoms in total. The average Bonchev–Trinajstić information content (AvgIpc) is 4.02. The fraction of sp³-hybridized carbons (Fsp3) is 0.872. The minimum atomic E-state index is -2.17. The third-order valence-electron chi connectivity index (χ3n) is 16.0. The summed E-state index contributed by atoms with van der Waals surface area (Å²) in [6.07, 6.45) is 4.32. The molecule has 9 rings (SSSR count). The Hall–Kier alpha value is -1.86. The average molecular weight is 875 g/mol. The van der Waals surface area contributed by atoms with E-state index < -0.39 is 101 Å². The molecule has 0 aromatic carbocycles. The van der Waals surface area contributed by atoms with Crippen LogP contribution in [0, 0.1) is 17.8 Å². The summed E-state index contributed by atoms with van der Waals surface area (Å²) < 4.78 is 58.4. The van der Waals surface area contributed by atoms with Gasteiger partial charge in [-0.05, 0) is 104 Å². The first-order valence-corrected chi connectivity index (χ1v) is 23.4. The zero-order valence-corrected chi connectivity index (χ0v) is 37.5. The van der Waals surface area contributed by atoms with E-state index in [9.17, 15) is 30.0 Å². The predicted molar refractivity (Wildman–Crippen MR) is 219 cm³/mol. The van der Waals surface area contributed by atoms with Gasteiger partial charge in [-0.2, -0.15) is 0 Å². The minimum Gasteiger partial charge on any atom is -0.456 e. The van der Waals surface area contributed by atoms with E-state index in [1.165, 1.54) is 6.08 Å². The van der Waals surface area contributed by atoms with E-state index in [-0.39, 0.29) is 43.2 Å². The number of fused-ring (bicyclic) bond motifs is 10. The number of carbonyl (C=O) groups excluding carboxylic acids is 2. The molecule has 13 unspecified atom stereocenters. The van der Waals surface area contributed by atoms with Gasteiger partial charge in [0.1, 0.15) is 36.1 Å². The summed E-state index contributed by atoms with van der Waals surface area (Å²) in [5, 5.41) is 47.0. The maximum atomic E-state index is 14.1. The molecule has 9 aliphatic heterocycles. The van der Waals surface area contributed by atoms with Gasteiger partial charge in [0.05, 0.1) is 42.0 Å². The molecule has 62 heavy (non-hydrogen) atoms. The van der Waals surface area contributed by atoms with E-state index in [1.54, 1.807) is 19.9 Å².